The van der Waals surface area contributed by atoms with E-state index in [1.807, 2.05) is 0 Å². The molecule has 0 radical (unpaired) electrons. The highest BCUT2D eigenvalue weighted by Gasteiger charge is 2.52. The van der Waals surface area contributed by atoms with Gasteiger partial charge < -0.3 is 71.9 Å². The van der Waals surface area contributed by atoms with Crippen molar-refractivity contribution in [2.24, 2.45) is 0 Å². The molecule has 24 heavy (non-hydrogen) atoms. The van der Waals surface area contributed by atoms with Gasteiger partial charge in [-0.05, 0) is 0 Å². The summed E-state index contributed by atoms with van der Waals surface area (Å²) < 4.78 is 43.0. The molecule has 0 saturated heterocycles. The van der Waals surface area contributed by atoms with Gasteiger partial charge in [0.1, 0.15) is 36.6 Å². The fraction of sp³-hybridized carbons (Fsp3) is 1.00. The maximum absolute atomic E-state index is 10.6. The molecule has 15 nitrogen and oxygen atoms in total. The van der Waals surface area contributed by atoms with Crippen LogP contribution in [0.4, 0.5) is 0 Å². The number of phosphoric ester groups is 3. The van der Waals surface area contributed by atoms with E-state index < -0.39 is 60.1 Å². The van der Waals surface area contributed by atoms with Gasteiger partial charge in [-0.15, -0.1) is 0 Å². The Morgan fingerprint density at radius 2 is 0.792 bits per heavy atom. The largest absolute Gasteiger partial charge is 0.790 e. The van der Waals surface area contributed by atoms with Crippen LogP contribution in [0.25, 0.3) is 0 Å². The third kappa shape index (κ3) is 6.50. The van der Waals surface area contributed by atoms with Crippen molar-refractivity contribution in [1.29, 1.82) is 0 Å². The summed E-state index contributed by atoms with van der Waals surface area (Å²) in [6.45, 7) is 0. The molecule has 0 aromatic carbocycles. The summed E-state index contributed by atoms with van der Waals surface area (Å²) in [5.41, 5.74) is 0. The van der Waals surface area contributed by atoms with Gasteiger partial charge in [-0.3, -0.25) is 0 Å². The first-order valence-electron chi connectivity index (χ1n) is 5.67. The van der Waals surface area contributed by atoms with Gasteiger partial charge >= 0.3 is 0 Å². The van der Waals surface area contributed by atoms with Gasteiger partial charge in [0.25, 0.3) is 0 Å². The van der Waals surface area contributed by atoms with Crippen LogP contribution in [0.2, 0.25) is 0 Å². The summed E-state index contributed by atoms with van der Waals surface area (Å²) in [6.07, 6.45) is -15.7. The molecule has 0 aromatic rings. The minimum atomic E-state index is -6.01. The van der Waals surface area contributed by atoms with E-state index in [4.69, 9.17) is 0 Å². The van der Waals surface area contributed by atoms with E-state index in [0.717, 1.165) is 0 Å². The second kappa shape index (κ2) is 7.45. The molecule has 1 aliphatic rings. The van der Waals surface area contributed by atoms with Crippen LogP contribution in [0.3, 0.4) is 0 Å². The maximum atomic E-state index is 10.6. The lowest BCUT2D eigenvalue weighted by Gasteiger charge is -2.51. The first kappa shape index (κ1) is 22.3. The molecule has 1 rings (SSSR count). The molecule has 0 aromatic heterocycles. The van der Waals surface area contributed by atoms with Crippen molar-refractivity contribution in [3.05, 3.63) is 0 Å². The van der Waals surface area contributed by atoms with Crippen LogP contribution in [0.1, 0.15) is 0 Å². The Morgan fingerprint density at radius 1 is 0.542 bits per heavy atom. The van der Waals surface area contributed by atoms with Crippen molar-refractivity contribution in [2.75, 3.05) is 0 Å². The number of aliphatic hydroxyl groups excluding tert-OH is 3. The molecule has 0 aliphatic heterocycles. The fourth-order valence-electron chi connectivity index (χ4n) is 1.98. The van der Waals surface area contributed by atoms with Crippen molar-refractivity contribution >= 4 is 23.5 Å². The van der Waals surface area contributed by atoms with Crippen LogP contribution < -0.4 is 29.4 Å². The SMILES string of the molecule is O=P([O-])([O-])O[C@H]1[C@H](O)[C@@H](O)[C@@H](OP(=O)([O-])[O-])[C@@H](OP(=O)([O-])[O-])[C@@H]1O. The van der Waals surface area contributed by atoms with Crippen LogP contribution >= 0.6 is 23.5 Å². The molecular weight excluding hydrogens is 405 g/mol. The summed E-state index contributed by atoms with van der Waals surface area (Å²) in [6, 6.07) is 0. The van der Waals surface area contributed by atoms with Gasteiger partial charge in [0.15, 0.2) is 0 Å². The zero-order valence-corrected chi connectivity index (χ0v) is 13.7. The van der Waals surface area contributed by atoms with Crippen molar-refractivity contribution < 1.29 is 71.9 Å². The molecule has 1 saturated carbocycles. The topological polar surface area (TPSA) is 278 Å². The van der Waals surface area contributed by atoms with E-state index in [0.29, 0.717) is 0 Å². The van der Waals surface area contributed by atoms with Crippen molar-refractivity contribution in [3.63, 3.8) is 0 Å². The molecule has 0 heterocycles. The Kier molecular flexibility index (Phi) is 6.90. The van der Waals surface area contributed by atoms with Crippen LogP contribution in [-0.4, -0.2) is 51.9 Å². The Morgan fingerprint density at radius 3 is 1.12 bits per heavy atom. The van der Waals surface area contributed by atoms with Gasteiger partial charge in [0.05, 0.1) is 23.5 Å². The zero-order chi connectivity index (χ0) is 19.1. The second-order valence-corrected chi connectivity index (χ2v) is 7.84. The predicted octanol–water partition coefficient (Wildman–Crippen LogP) is -7.28. The number of aliphatic hydroxyl groups is 3. The van der Waals surface area contributed by atoms with Crippen LogP contribution in [0.5, 0.6) is 0 Å². The summed E-state index contributed by atoms with van der Waals surface area (Å²) in [5.74, 6) is 0. The molecule has 144 valence electrons. The van der Waals surface area contributed by atoms with E-state index in [1.165, 1.54) is 0 Å². The summed E-state index contributed by atoms with van der Waals surface area (Å²) in [4.78, 5) is 63.6. The lowest BCUT2D eigenvalue weighted by Crippen LogP contribution is -2.66. The average molecular weight is 414 g/mol. The molecule has 0 spiro atoms. The van der Waals surface area contributed by atoms with E-state index in [9.17, 15) is 58.4 Å². The summed E-state index contributed by atoms with van der Waals surface area (Å²) >= 11 is 0. The molecule has 0 unspecified atom stereocenters. The molecule has 3 N–H and O–H groups in total. The molecule has 1 fully saturated rings. The van der Waals surface area contributed by atoms with Gasteiger partial charge in [-0.2, -0.15) is 0 Å². The Balaban J connectivity index is 3.23. The number of phosphoric acid groups is 3. The number of hydrogen-bond donors (Lipinski definition) is 3. The third-order valence-electron chi connectivity index (χ3n) is 2.77. The summed E-state index contributed by atoms with van der Waals surface area (Å²) in [5, 5.41) is 28.9. The van der Waals surface area contributed by atoms with E-state index >= 15 is 0 Å². The zero-order valence-electron chi connectivity index (χ0n) is 11.0. The van der Waals surface area contributed by atoms with Crippen LogP contribution in [-0.2, 0) is 27.3 Å². The normalized spacial score (nSPS) is 35.9. The molecule has 0 bridgehead atoms. The highest BCUT2D eigenvalue weighted by Crippen LogP contribution is 2.43. The monoisotopic (exact) mass is 414 g/mol. The number of rotatable bonds is 6. The second-order valence-electron chi connectivity index (χ2n) is 4.52. The van der Waals surface area contributed by atoms with Crippen LogP contribution in [0.15, 0.2) is 0 Å². The van der Waals surface area contributed by atoms with Gasteiger partial charge in [-0.1, -0.05) is 0 Å². The standard InChI is InChI=1S/C6H15O15P3/c7-1-2(8)5(20-23(13,14)15)6(21-24(16,17)18)3(9)4(1)19-22(10,11)12/h1-9H,(H2,10,11,12)(H2,13,14,15)(H2,16,17,18)/p-6/t1-,2-,3-,4+,5-,6+/m1/s1. The first-order valence-corrected chi connectivity index (χ1v) is 10.1. The Hall–Kier alpha value is 0.210. The van der Waals surface area contributed by atoms with E-state index in [-0.39, 0.29) is 0 Å². The summed E-state index contributed by atoms with van der Waals surface area (Å²) in [7, 11) is -17.9. The van der Waals surface area contributed by atoms with Crippen molar-refractivity contribution in [1.82, 2.24) is 0 Å². The van der Waals surface area contributed by atoms with Gasteiger partial charge in [-0.25, -0.2) is 0 Å². The molecule has 1 aliphatic carbocycles. The minimum Gasteiger partial charge on any atom is -0.790 e. The molecule has 18 heteroatoms. The number of hydrogen-bond acceptors (Lipinski definition) is 15. The third-order valence-corrected chi connectivity index (χ3v) is 4.28. The van der Waals surface area contributed by atoms with Gasteiger partial charge in [0.2, 0.25) is 0 Å². The fourth-order valence-corrected chi connectivity index (χ4v) is 3.62. The quantitative estimate of drug-likeness (QED) is 0.340. The highest BCUT2D eigenvalue weighted by atomic mass is 31.2. The van der Waals surface area contributed by atoms with Crippen molar-refractivity contribution in [3.8, 4) is 0 Å². The van der Waals surface area contributed by atoms with E-state index in [1.54, 1.807) is 0 Å². The average Bonchev–Trinajstić information content (AvgIpc) is 2.32. The smallest absolute Gasteiger partial charge is 0.120 e. The van der Waals surface area contributed by atoms with Crippen LogP contribution in [0, 0.1) is 0 Å². The van der Waals surface area contributed by atoms with E-state index in [2.05, 4.69) is 13.6 Å². The lowest BCUT2D eigenvalue weighted by molar-refractivity contribution is -0.371. The predicted molar refractivity (Wildman–Crippen MR) is 55.5 cm³/mol. The Labute approximate surface area is 133 Å². The molecule has 0 amide bonds. The molecular formula is C6H9O15P3-6. The maximum Gasteiger partial charge on any atom is 0.120 e. The van der Waals surface area contributed by atoms with Gasteiger partial charge in [0, 0.05) is 0 Å². The van der Waals surface area contributed by atoms with Crippen molar-refractivity contribution in [2.45, 2.75) is 36.6 Å². The highest BCUT2D eigenvalue weighted by molar-refractivity contribution is 7.43. The first-order chi connectivity index (χ1) is 10.5. The molecule has 6 atom stereocenters. The lowest BCUT2D eigenvalue weighted by atomic mass is 9.85. The Bertz CT molecular complexity index is 574. The minimum absolute atomic E-state index is 2.54.